The molecule has 3 aliphatic heterocycles. The van der Waals surface area contributed by atoms with Gasteiger partial charge in [-0.2, -0.15) is 4.98 Å². The van der Waals surface area contributed by atoms with Gasteiger partial charge in [-0.25, -0.2) is 14.6 Å². The fourth-order valence-corrected chi connectivity index (χ4v) is 7.60. The van der Waals surface area contributed by atoms with Crippen molar-refractivity contribution in [3.05, 3.63) is 59.2 Å². The van der Waals surface area contributed by atoms with Crippen LogP contribution in [0.5, 0.6) is 11.8 Å². The SMILES string of the molecule is CC1CCCN1C(=O)Oc1nc2c([nH]1)CCc1cc3c(cc1-2)OCc1cc(-c2cnc([C@@H]4C[C@H](C)CN4C(=O)OC(C)(C)C)[nH]2)ccc1-3. The number of hydrogen-bond donors (Lipinski definition) is 2. The molecule has 0 saturated carbocycles. The molecule has 4 aliphatic rings. The number of likely N-dealkylation sites (tertiary alicyclic amines) is 2. The summed E-state index contributed by atoms with van der Waals surface area (Å²) in [5, 5.41) is 0. The summed E-state index contributed by atoms with van der Waals surface area (Å²) in [5.74, 6) is 1.94. The third kappa shape index (κ3) is 5.48. The molecule has 0 radical (unpaired) electrons. The Bertz CT molecular complexity index is 1920. The number of carbonyl (C=O) groups excluding carboxylic acids is 2. The number of hydrogen-bond acceptors (Lipinski definition) is 7. The Morgan fingerprint density at radius 1 is 0.979 bits per heavy atom. The number of H-pyrrole nitrogens is 2. The van der Waals surface area contributed by atoms with Gasteiger partial charge in [0.25, 0.3) is 0 Å². The third-order valence-electron chi connectivity index (χ3n) is 9.97. The molecular weight excluding hydrogens is 608 g/mol. The van der Waals surface area contributed by atoms with Crippen LogP contribution in [0.15, 0.2) is 36.5 Å². The maximum Gasteiger partial charge on any atom is 0.417 e. The van der Waals surface area contributed by atoms with Crippen LogP contribution in [0.1, 0.15) is 82.6 Å². The van der Waals surface area contributed by atoms with Gasteiger partial charge in [-0.1, -0.05) is 19.1 Å². The van der Waals surface area contributed by atoms with E-state index in [0.717, 1.165) is 88.6 Å². The number of aryl methyl sites for hydroxylation is 2. The van der Waals surface area contributed by atoms with Gasteiger partial charge in [0, 0.05) is 36.0 Å². The van der Waals surface area contributed by atoms with Crippen molar-refractivity contribution in [3.63, 3.8) is 0 Å². The fraction of sp³-hybridized carbons (Fsp3) is 0.459. The van der Waals surface area contributed by atoms with Gasteiger partial charge in [-0.15, -0.1) is 0 Å². The van der Waals surface area contributed by atoms with Gasteiger partial charge in [0.05, 0.1) is 23.6 Å². The lowest BCUT2D eigenvalue weighted by atomic mass is 9.86. The first kappa shape index (κ1) is 30.5. The number of aromatic nitrogens is 4. The Balaban J connectivity index is 1.03. The number of ether oxygens (including phenoxy) is 3. The lowest BCUT2D eigenvalue weighted by molar-refractivity contribution is 0.0214. The second kappa shape index (κ2) is 11.4. The van der Waals surface area contributed by atoms with E-state index in [1.54, 1.807) is 9.80 Å². The molecule has 1 aliphatic carbocycles. The van der Waals surface area contributed by atoms with E-state index in [0.29, 0.717) is 25.6 Å². The first-order chi connectivity index (χ1) is 23.0. The van der Waals surface area contributed by atoms with E-state index in [1.165, 1.54) is 5.56 Å². The minimum Gasteiger partial charge on any atom is -0.488 e. The van der Waals surface area contributed by atoms with E-state index in [4.69, 9.17) is 24.2 Å². The van der Waals surface area contributed by atoms with Crippen LogP contribution in [0.2, 0.25) is 0 Å². The summed E-state index contributed by atoms with van der Waals surface area (Å²) in [6.45, 7) is 11.7. The predicted octanol–water partition coefficient (Wildman–Crippen LogP) is 7.43. The van der Waals surface area contributed by atoms with Crippen molar-refractivity contribution in [2.75, 3.05) is 13.1 Å². The molecule has 2 aromatic heterocycles. The lowest BCUT2D eigenvalue weighted by Gasteiger charge is -2.27. The lowest BCUT2D eigenvalue weighted by Crippen LogP contribution is -2.37. The number of fused-ring (bicyclic) bond motifs is 6. The second-order valence-electron chi connectivity index (χ2n) is 14.8. The van der Waals surface area contributed by atoms with Crippen LogP contribution in [0.4, 0.5) is 9.59 Å². The smallest absolute Gasteiger partial charge is 0.417 e. The van der Waals surface area contributed by atoms with Crippen molar-refractivity contribution in [2.24, 2.45) is 5.92 Å². The van der Waals surface area contributed by atoms with Crippen LogP contribution in [-0.2, 0) is 24.2 Å². The van der Waals surface area contributed by atoms with E-state index >= 15 is 0 Å². The summed E-state index contributed by atoms with van der Waals surface area (Å²) in [7, 11) is 0. The molecule has 48 heavy (non-hydrogen) atoms. The van der Waals surface area contributed by atoms with Gasteiger partial charge < -0.3 is 29.1 Å². The van der Waals surface area contributed by atoms with Gasteiger partial charge in [-0.3, -0.25) is 4.90 Å². The van der Waals surface area contributed by atoms with E-state index in [1.807, 2.05) is 33.9 Å². The van der Waals surface area contributed by atoms with E-state index in [9.17, 15) is 9.59 Å². The molecule has 2 aromatic carbocycles. The summed E-state index contributed by atoms with van der Waals surface area (Å²) < 4.78 is 17.7. The molecule has 11 nitrogen and oxygen atoms in total. The van der Waals surface area contributed by atoms with Gasteiger partial charge in [0.15, 0.2) is 0 Å². The summed E-state index contributed by atoms with van der Waals surface area (Å²) in [4.78, 5) is 45.5. The molecule has 4 aromatic rings. The molecule has 0 spiro atoms. The zero-order chi connectivity index (χ0) is 33.3. The highest BCUT2D eigenvalue weighted by Gasteiger charge is 2.38. The van der Waals surface area contributed by atoms with Crippen LogP contribution >= 0.6 is 0 Å². The Hall–Kier alpha value is -4.80. The second-order valence-corrected chi connectivity index (χ2v) is 14.8. The highest BCUT2D eigenvalue weighted by atomic mass is 16.6. The molecule has 3 atom stereocenters. The van der Waals surface area contributed by atoms with Gasteiger partial charge in [-0.05, 0) is 106 Å². The minimum absolute atomic E-state index is 0.158. The molecule has 250 valence electrons. The van der Waals surface area contributed by atoms with E-state index < -0.39 is 5.60 Å². The van der Waals surface area contributed by atoms with Crippen molar-refractivity contribution in [2.45, 2.75) is 91.0 Å². The fourth-order valence-electron chi connectivity index (χ4n) is 7.60. The predicted molar refractivity (Wildman–Crippen MR) is 180 cm³/mol. The number of benzene rings is 2. The third-order valence-corrected chi connectivity index (χ3v) is 9.97. The Morgan fingerprint density at radius 2 is 1.83 bits per heavy atom. The van der Waals surface area contributed by atoms with Crippen molar-refractivity contribution >= 4 is 12.2 Å². The summed E-state index contributed by atoms with van der Waals surface area (Å²) in [6.07, 6.45) is 5.64. The highest BCUT2D eigenvalue weighted by molar-refractivity contribution is 5.83. The molecular formula is C37H42N6O5. The number of rotatable bonds is 3. The average Bonchev–Trinajstić information content (AvgIpc) is 3.85. The number of nitrogens with one attached hydrogen (secondary N) is 2. The average molecular weight is 651 g/mol. The molecule has 2 N–H and O–H groups in total. The van der Waals surface area contributed by atoms with Crippen LogP contribution < -0.4 is 9.47 Å². The summed E-state index contributed by atoms with van der Waals surface area (Å²) in [5.41, 5.74) is 8.65. The first-order valence-electron chi connectivity index (χ1n) is 17.1. The highest BCUT2D eigenvalue weighted by Crippen LogP contribution is 2.45. The van der Waals surface area contributed by atoms with Crippen LogP contribution in [0, 0.1) is 5.92 Å². The van der Waals surface area contributed by atoms with E-state index in [2.05, 4.69) is 47.2 Å². The zero-order valence-corrected chi connectivity index (χ0v) is 28.2. The summed E-state index contributed by atoms with van der Waals surface area (Å²) in [6, 6.07) is 11.0. The maximum atomic E-state index is 13.0. The monoisotopic (exact) mass is 650 g/mol. The van der Waals surface area contributed by atoms with Crippen molar-refractivity contribution in [3.8, 4) is 45.4 Å². The number of imidazole rings is 2. The number of amides is 2. The summed E-state index contributed by atoms with van der Waals surface area (Å²) >= 11 is 0. The molecule has 0 bridgehead atoms. The minimum atomic E-state index is -0.557. The zero-order valence-electron chi connectivity index (χ0n) is 28.2. The normalized spacial score (nSPS) is 21.2. The molecule has 5 heterocycles. The Morgan fingerprint density at radius 3 is 2.62 bits per heavy atom. The maximum absolute atomic E-state index is 13.0. The van der Waals surface area contributed by atoms with Crippen LogP contribution in [-0.4, -0.2) is 66.7 Å². The van der Waals surface area contributed by atoms with Gasteiger partial charge in [0.1, 0.15) is 23.8 Å². The standard InChI is InChI=1S/C37H42N6O5/c1-20-13-30(43(18-20)36(45)48-37(3,4)5)33-38-17-29(39-33)23-8-10-25-24(14-23)19-46-31-16-26-22(15-27(25)31)9-11-28-32(26)41-34(40-28)47-35(44)42-12-6-7-21(42)2/h8,10,14-17,20-21,30H,6-7,9,11-13,18-19H2,1-5H3,(H,38,39)(H,40,41)/t20-,21?,30-/m0/s1. The number of carbonyl (C=O) groups is 2. The molecule has 1 unspecified atom stereocenters. The molecule has 2 amide bonds. The number of nitrogens with zero attached hydrogens (tertiary/aromatic N) is 4. The Kier molecular flexibility index (Phi) is 7.26. The van der Waals surface area contributed by atoms with E-state index in [-0.39, 0.29) is 30.3 Å². The van der Waals surface area contributed by atoms with Crippen molar-refractivity contribution in [1.29, 1.82) is 0 Å². The quantitative estimate of drug-likeness (QED) is 0.236. The van der Waals surface area contributed by atoms with Crippen LogP contribution in [0.3, 0.4) is 0 Å². The van der Waals surface area contributed by atoms with Crippen molar-refractivity contribution in [1.82, 2.24) is 29.7 Å². The van der Waals surface area contributed by atoms with Gasteiger partial charge >= 0.3 is 18.2 Å². The molecule has 8 rings (SSSR count). The van der Waals surface area contributed by atoms with Crippen molar-refractivity contribution < 1.29 is 23.8 Å². The number of aromatic amines is 2. The largest absolute Gasteiger partial charge is 0.488 e. The molecule has 2 saturated heterocycles. The van der Waals surface area contributed by atoms with Gasteiger partial charge in [0.2, 0.25) is 0 Å². The molecule has 2 fully saturated rings. The Labute approximate surface area is 280 Å². The van der Waals surface area contributed by atoms with Crippen LogP contribution in [0.25, 0.3) is 33.6 Å². The molecule has 11 heteroatoms. The first-order valence-corrected chi connectivity index (χ1v) is 17.1. The topological polar surface area (TPSA) is 126 Å².